The van der Waals surface area contributed by atoms with Crippen LogP contribution in [0.15, 0.2) is 29.6 Å². The second-order valence-corrected chi connectivity index (χ2v) is 4.00. The number of nitrogens with two attached hydrogens (primary N) is 1. The molecule has 19 heavy (non-hydrogen) atoms. The van der Waals surface area contributed by atoms with E-state index in [0.717, 1.165) is 0 Å². The molecule has 0 amide bonds. The van der Waals surface area contributed by atoms with Crippen molar-refractivity contribution in [3.05, 3.63) is 30.1 Å². The number of hydrogen-bond acceptors (Lipinski definition) is 4. The van der Waals surface area contributed by atoms with Crippen molar-refractivity contribution in [3.63, 3.8) is 0 Å². The number of pyridine rings is 1. The summed E-state index contributed by atoms with van der Waals surface area (Å²) in [6.45, 7) is 1.19. The zero-order valence-electron chi connectivity index (χ0n) is 10.2. The van der Waals surface area contributed by atoms with Crippen LogP contribution in [0, 0.1) is 5.92 Å². The predicted molar refractivity (Wildman–Crippen MR) is 63.6 cm³/mol. The van der Waals surface area contributed by atoms with Crippen LogP contribution in [-0.4, -0.2) is 28.7 Å². The first-order chi connectivity index (χ1) is 8.86. The van der Waals surface area contributed by atoms with Crippen molar-refractivity contribution in [2.24, 2.45) is 16.8 Å². The van der Waals surface area contributed by atoms with E-state index in [1.165, 1.54) is 0 Å². The molecular formula is C11H15F3N4O. The van der Waals surface area contributed by atoms with Crippen LogP contribution in [-0.2, 0) is 0 Å². The van der Waals surface area contributed by atoms with Crippen LogP contribution >= 0.6 is 0 Å². The topological polar surface area (TPSA) is 83.5 Å². The third-order valence-corrected chi connectivity index (χ3v) is 2.63. The highest BCUT2D eigenvalue weighted by Gasteiger charge is 2.42. The molecular weight excluding hydrogens is 261 g/mol. The molecule has 0 aliphatic carbocycles. The van der Waals surface area contributed by atoms with E-state index in [2.05, 4.69) is 15.5 Å². The molecule has 1 unspecified atom stereocenters. The van der Waals surface area contributed by atoms with Crippen molar-refractivity contribution in [1.82, 2.24) is 10.3 Å². The lowest BCUT2D eigenvalue weighted by Gasteiger charge is -2.21. The maximum atomic E-state index is 12.7. The molecule has 0 bridgehead atoms. The standard InChI is InChI=1S/C11H15F3N4O/c1-7(9-4-2-3-5-16-9)17-6-8(10(15)18-19)11(12,13)14/h2-5,7-8,17,19H,6H2,1H3,(H2,15,18)/t7-,8?/m0/s1. The van der Waals surface area contributed by atoms with Crippen molar-refractivity contribution in [2.75, 3.05) is 6.54 Å². The maximum Gasteiger partial charge on any atom is 0.400 e. The van der Waals surface area contributed by atoms with Crippen LogP contribution in [0.3, 0.4) is 0 Å². The van der Waals surface area contributed by atoms with Gasteiger partial charge in [0.1, 0.15) is 5.92 Å². The highest BCUT2D eigenvalue weighted by molar-refractivity contribution is 5.83. The number of amidine groups is 1. The monoisotopic (exact) mass is 276 g/mol. The summed E-state index contributed by atoms with van der Waals surface area (Å²) in [5.41, 5.74) is 5.67. The predicted octanol–water partition coefficient (Wildman–Crippen LogP) is 1.66. The zero-order chi connectivity index (χ0) is 14.5. The van der Waals surface area contributed by atoms with Gasteiger partial charge < -0.3 is 16.3 Å². The van der Waals surface area contributed by atoms with Crippen molar-refractivity contribution < 1.29 is 18.4 Å². The Labute approximate surface area is 108 Å². The van der Waals surface area contributed by atoms with Gasteiger partial charge in [0, 0.05) is 18.8 Å². The molecule has 0 fully saturated rings. The maximum absolute atomic E-state index is 12.7. The van der Waals surface area contributed by atoms with Crippen LogP contribution in [0.1, 0.15) is 18.7 Å². The van der Waals surface area contributed by atoms with E-state index < -0.39 is 24.5 Å². The molecule has 4 N–H and O–H groups in total. The van der Waals surface area contributed by atoms with Gasteiger partial charge in [-0.25, -0.2) is 0 Å². The number of halogens is 3. The third-order valence-electron chi connectivity index (χ3n) is 2.63. The van der Waals surface area contributed by atoms with Crippen molar-refractivity contribution >= 4 is 5.84 Å². The van der Waals surface area contributed by atoms with Gasteiger partial charge in [-0.15, -0.1) is 0 Å². The SMILES string of the molecule is C[C@H](NCC(/C(N)=N/O)C(F)(F)F)c1ccccn1. The van der Waals surface area contributed by atoms with Crippen LogP contribution in [0.5, 0.6) is 0 Å². The van der Waals surface area contributed by atoms with Gasteiger partial charge in [-0.1, -0.05) is 11.2 Å². The van der Waals surface area contributed by atoms with Gasteiger partial charge in [0.05, 0.1) is 5.69 Å². The normalized spacial score (nSPS) is 16.1. The third kappa shape index (κ3) is 4.40. The van der Waals surface area contributed by atoms with E-state index in [0.29, 0.717) is 5.69 Å². The summed E-state index contributed by atoms with van der Waals surface area (Å²) in [6, 6.07) is 4.78. The molecule has 0 aromatic carbocycles. The van der Waals surface area contributed by atoms with Crippen LogP contribution in [0.25, 0.3) is 0 Å². The molecule has 0 spiro atoms. The smallest absolute Gasteiger partial charge is 0.400 e. The largest absolute Gasteiger partial charge is 0.409 e. The summed E-state index contributed by atoms with van der Waals surface area (Å²) in [5.74, 6) is -2.91. The van der Waals surface area contributed by atoms with Crippen LogP contribution in [0.2, 0.25) is 0 Å². The summed E-state index contributed by atoms with van der Waals surface area (Å²) in [5, 5.41) is 13.5. The van der Waals surface area contributed by atoms with E-state index in [-0.39, 0.29) is 6.04 Å². The molecule has 0 saturated heterocycles. The fourth-order valence-corrected chi connectivity index (χ4v) is 1.49. The first kappa shape index (κ1) is 15.2. The molecule has 106 valence electrons. The Morgan fingerprint density at radius 2 is 2.21 bits per heavy atom. The van der Waals surface area contributed by atoms with Gasteiger partial charge in [0.15, 0.2) is 5.84 Å². The second-order valence-electron chi connectivity index (χ2n) is 4.00. The Bertz CT molecular complexity index is 422. The average molecular weight is 276 g/mol. The quantitative estimate of drug-likeness (QED) is 0.330. The van der Waals surface area contributed by atoms with Crippen LogP contribution in [0.4, 0.5) is 13.2 Å². The van der Waals surface area contributed by atoms with Gasteiger partial charge >= 0.3 is 6.18 Å². The van der Waals surface area contributed by atoms with Gasteiger partial charge in [-0.05, 0) is 19.1 Å². The fourth-order valence-electron chi connectivity index (χ4n) is 1.49. The molecule has 8 heteroatoms. The average Bonchev–Trinajstić information content (AvgIpc) is 2.37. The van der Waals surface area contributed by atoms with Crippen molar-refractivity contribution in [2.45, 2.75) is 19.1 Å². The molecule has 1 rings (SSSR count). The lowest BCUT2D eigenvalue weighted by Crippen LogP contribution is -2.43. The summed E-state index contributed by atoms with van der Waals surface area (Å²) in [6.07, 6.45) is -3.02. The molecule has 0 saturated carbocycles. The minimum absolute atomic E-state index is 0.377. The van der Waals surface area contributed by atoms with Gasteiger partial charge in [-0.2, -0.15) is 13.2 Å². The van der Waals surface area contributed by atoms with E-state index in [1.54, 1.807) is 31.3 Å². The summed E-state index contributed by atoms with van der Waals surface area (Å²) < 4.78 is 38.0. The minimum atomic E-state index is -4.58. The Balaban J connectivity index is 2.68. The van der Waals surface area contributed by atoms with E-state index in [4.69, 9.17) is 10.9 Å². The van der Waals surface area contributed by atoms with Crippen LogP contribution < -0.4 is 11.1 Å². The van der Waals surface area contributed by atoms with E-state index >= 15 is 0 Å². The van der Waals surface area contributed by atoms with E-state index in [9.17, 15) is 13.2 Å². The second kappa shape index (κ2) is 6.37. The summed E-state index contributed by atoms with van der Waals surface area (Å²) in [4.78, 5) is 4.03. The Hall–Kier alpha value is -1.83. The number of rotatable bonds is 5. The van der Waals surface area contributed by atoms with Gasteiger partial charge in [0.2, 0.25) is 0 Å². The van der Waals surface area contributed by atoms with Gasteiger partial charge in [0.25, 0.3) is 0 Å². The van der Waals surface area contributed by atoms with Crippen molar-refractivity contribution in [1.29, 1.82) is 0 Å². The fraction of sp³-hybridized carbons (Fsp3) is 0.455. The molecule has 5 nitrogen and oxygen atoms in total. The number of hydrogen-bond donors (Lipinski definition) is 3. The first-order valence-electron chi connectivity index (χ1n) is 5.54. The Morgan fingerprint density at radius 1 is 1.53 bits per heavy atom. The molecule has 1 heterocycles. The Kier molecular flexibility index (Phi) is 5.11. The zero-order valence-corrected chi connectivity index (χ0v) is 10.2. The highest BCUT2D eigenvalue weighted by atomic mass is 19.4. The molecule has 1 aromatic heterocycles. The highest BCUT2D eigenvalue weighted by Crippen LogP contribution is 2.26. The number of oxime groups is 1. The van der Waals surface area contributed by atoms with Crippen molar-refractivity contribution in [3.8, 4) is 0 Å². The Morgan fingerprint density at radius 3 is 2.68 bits per heavy atom. The molecule has 0 radical (unpaired) electrons. The minimum Gasteiger partial charge on any atom is -0.409 e. The van der Waals surface area contributed by atoms with Gasteiger partial charge in [-0.3, -0.25) is 4.98 Å². The number of nitrogens with zero attached hydrogens (tertiary/aromatic N) is 2. The van der Waals surface area contributed by atoms with E-state index in [1.807, 2.05) is 0 Å². The lowest BCUT2D eigenvalue weighted by atomic mass is 10.1. The molecule has 0 aliphatic rings. The molecule has 0 aliphatic heterocycles. The number of alkyl halides is 3. The lowest BCUT2D eigenvalue weighted by molar-refractivity contribution is -0.155. The number of aromatic nitrogens is 1. The summed E-state index contributed by atoms with van der Waals surface area (Å²) in [7, 11) is 0. The number of nitrogens with one attached hydrogen (secondary N) is 1. The first-order valence-corrected chi connectivity index (χ1v) is 5.54. The molecule has 1 aromatic rings. The molecule has 2 atom stereocenters. The summed E-state index contributed by atoms with van der Waals surface area (Å²) >= 11 is 0.